The van der Waals surface area contributed by atoms with E-state index in [2.05, 4.69) is 18.0 Å². The first kappa shape index (κ1) is 15.9. The van der Waals surface area contributed by atoms with E-state index in [1.807, 2.05) is 10.2 Å². The van der Waals surface area contributed by atoms with Gasteiger partial charge < -0.3 is 10.2 Å². The Morgan fingerprint density at radius 1 is 1.39 bits per heavy atom. The molecule has 0 radical (unpaired) electrons. The lowest BCUT2D eigenvalue weighted by atomic mass is 9.93. The number of thiophene rings is 1. The summed E-state index contributed by atoms with van der Waals surface area (Å²) >= 11 is 1.73. The summed E-state index contributed by atoms with van der Waals surface area (Å²) in [6.07, 6.45) is 2.68. The van der Waals surface area contributed by atoms with Gasteiger partial charge in [-0.15, -0.1) is 11.3 Å². The van der Waals surface area contributed by atoms with Gasteiger partial charge in [0.2, 0.25) is 0 Å². The van der Waals surface area contributed by atoms with Gasteiger partial charge in [-0.3, -0.25) is 4.79 Å². The predicted octanol–water partition coefficient (Wildman–Crippen LogP) is 2.11. The molecule has 0 unspecified atom stereocenters. The van der Waals surface area contributed by atoms with Crippen molar-refractivity contribution >= 4 is 17.2 Å². The lowest BCUT2D eigenvalue weighted by molar-refractivity contribution is -0.635. The van der Waals surface area contributed by atoms with Crippen LogP contribution in [0.3, 0.4) is 0 Å². The van der Waals surface area contributed by atoms with E-state index >= 15 is 0 Å². The van der Waals surface area contributed by atoms with Gasteiger partial charge >= 0.3 is 0 Å². The van der Waals surface area contributed by atoms with Gasteiger partial charge in [-0.05, 0) is 47.2 Å². The molecule has 0 aliphatic carbocycles. The maximum atomic E-state index is 13.3. The molecular weight excluding hydrogens is 311 g/mol. The van der Waals surface area contributed by atoms with Gasteiger partial charge in [-0.2, -0.15) is 0 Å². The molecule has 0 bridgehead atoms. The lowest BCUT2D eigenvalue weighted by Gasteiger charge is -2.36. The van der Waals surface area contributed by atoms with Crippen molar-refractivity contribution in [3.05, 3.63) is 70.2 Å². The van der Waals surface area contributed by atoms with E-state index in [1.165, 1.54) is 22.6 Å². The summed E-state index contributed by atoms with van der Waals surface area (Å²) in [7, 11) is 0. The van der Waals surface area contributed by atoms with Crippen LogP contribution in [0.2, 0.25) is 0 Å². The number of nitrogens with zero attached hydrogens (tertiary/aromatic N) is 1. The number of halogens is 1. The number of carbonyl (C=O) groups excluding carboxylic acids is 1. The Morgan fingerprint density at radius 2 is 2.17 bits per heavy atom. The minimum Gasteiger partial charge on any atom is -0.335 e. The molecule has 5 heteroatoms. The summed E-state index contributed by atoms with van der Waals surface area (Å²) in [5.74, 6) is -0.148. The highest BCUT2D eigenvalue weighted by Crippen LogP contribution is 2.37. The van der Waals surface area contributed by atoms with Crippen molar-refractivity contribution in [3.8, 4) is 0 Å². The highest BCUT2D eigenvalue weighted by atomic mass is 32.1. The van der Waals surface area contributed by atoms with Crippen LogP contribution >= 0.6 is 11.3 Å². The fourth-order valence-corrected chi connectivity index (χ4v) is 3.94. The zero-order valence-corrected chi connectivity index (χ0v) is 13.7. The summed E-state index contributed by atoms with van der Waals surface area (Å²) < 4.78 is 13.3. The predicted molar refractivity (Wildman–Crippen MR) is 89.8 cm³/mol. The highest BCUT2D eigenvalue weighted by Gasteiger charge is 2.33. The largest absolute Gasteiger partial charge is 0.335 e. The number of nitrogens with two attached hydrogens (primary N) is 1. The van der Waals surface area contributed by atoms with Crippen LogP contribution in [-0.4, -0.2) is 30.4 Å². The van der Waals surface area contributed by atoms with E-state index in [0.29, 0.717) is 13.1 Å². The van der Waals surface area contributed by atoms with E-state index in [1.54, 1.807) is 29.5 Å². The number of carbonyl (C=O) groups is 1. The van der Waals surface area contributed by atoms with E-state index in [4.69, 9.17) is 0 Å². The molecule has 2 heterocycles. The average Bonchev–Trinajstić information content (AvgIpc) is 3.03. The monoisotopic (exact) mass is 331 g/mol. The first-order valence-electron chi connectivity index (χ1n) is 7.74. The van der Waals surface area contributed by atoms with E-state index in [-0.39, 0.29) is 17.8 Å². The van der Waals surface area contributed by atoms with Crippen molar-refractivity contribution in [2.75, 3.05) is 19.6 Å². The normalized spacial score (nSPS) is 16.9. The zero-order valence-electron chi connectivity index (χ0n) is 12.9. The van der Waals surface area contributed by atoms with Crippen LogP contribution in [0.1, 0.15) is 22.0 Å². The van der Waals surface area contributed by atoms with Crippen molar-refractivity contribution in [3.63, 3.8) is 0 Å². The van der Waals surface area contributed by atoms with Crippen molar-refractivity contribution in [2.24, 2.45) is 0 Å². The molecule has 1 aromatic heterocycles. The Bertz CT molecular complexity index is 695. The summed E-state index contributed by atoms with van der Waals surface area (Å²) in [5, 5.41) is 4.01. The number of rotatable bonds is 5. The smallest absolute Gasteiger partial charge is 0.278 e. The number of hydrogen-bond acceptors (Lipinski definition) is 2. The number of amides is 1. The zero-order chi connectivity index (χ0) is 16.2. The quantitative estimate of drug-likeness (QED) is 0.661. The van der Waals surface area contributed by atoms with Crippen LogP contribution < -0.4 is 5.32 Å². The Labute approximate surface area is 139 Å². The molecule has 0 saturated carbocycles. The molecule has 1 atom stereocenters. The number of benzene rings is 1. The molecule has 1 amide bonds. The van der Waals surface area contributed by atoms with E-state index in [0.717, 1.165) is 18.5 Å². The standard InChI is InChI=1S/C18H19FN2OS/c1-2-9-20-12-17(22)21-10-7-16-15(8-11-23-16)18(21)13-3-5-14(19)6-4-13/h2-6,8,11,18,20H,1,7,9-10,12H2/p+1/t18-/m1/s1. The molecule has 3 nitrogen and oxygen atoms in total. The third kappa shape index (κ3) is 3.35. The van der Waals surface area contributed by atoms with Crippen molar-refractivity contribution in [1.82, 2.24) is 4.90 Å². The summed E-state index contributed by atoms with van der Waals surface area (Å²) in [6.45, 7) is 5.51. The molecule has 0 spiro atoms. The second-order valence-corrected chi connectivity index (χ2v) is 6.61. The Kier molecular flexibility index (Phi) is 4.88. The highest BCUT2D eigenvalue weighted by molar-refractivity contribution is 7.10. The SMILES string of the molecule is C=CC[NH2+]CC(=O)N1CCc2sccc2[C@H]1c1ccc(F)cc1. The average molecular weight is 331 g/mol. The fourth-order valence-electron chi connectivity index (χ4n) is 3.03. The Hall–Kier alpha value is -1.98. The van der Waals surface area contributed by atoms with Gasteiger partial charge in [-0.25, -0.2) is 4.39 Å². The third-order valence-electron chi connectivity index (χ3n) is 4.12. The van der Waals surface area contributed by atoms with Gasteiger partial charge in [0.05, 0.1) is 12.6 Å². The van der Waals surface area contributed by atoms with E-state index < -0.39 is 0 Å². The molecular formula is C18H20FN2OS+. The van der Waals surface area contributed by atoms with Gasteiger partial charge in [0, 0.05) is 11.4 Å². The van der Waals surface area contributed by atoms with Gasteiger partial charge in [0.25, 0.3) is 5.91 Å². The van der Waals surface area contributed by atoms with Crippen LogP contribution in [0.4, 0.5) is 4.39 Å². The molecule has 0 saturated heterocycles. The van der Waals surface area contributed by atoms with Gasteiger partial charge in [0.15, 0.2) is 6.54 Å². The molecule has 23 heavy (non-hydrogen) atoms. The fraction of sp³-hybridized carbons (Fsp3) is 0.278. The second-order valence-electron chi connectivity index (χ2n) is 5.61. The van der Waals surface area contributed by atoms with Crippen LogP contribution in [0.15, 0.2) is 48.4 Å². The van der Waals surface area contributed by atoms with Crippen molar-refractivity contribution < 1.29 is 14.5 Å². The van der Waals surface area contributed by atoms with Crippen molar-refractivity contribution in [2.45, 2.75) is 12.5 Å². The summed E-state index contributed by atoms with van der Waals surface area (Å²) in [5.41, 5.74) is 2.13. The molecule has 3 rings (SSSR count). The number of quaternary nitrogens is 1. The van der Waals surface area contributed by atoms with E-state index in [9.17, 15) is 9.18 Å². The van der Waals surface area contributed by atoms with Crippen LogP contribution in [0, 0.1) is 5.82 Å². The maximum absolute atomic E-state index is 13.3. The number of hydrogen-bond donors (Lipinski definition) is 1. The second kappa shape index (κ2) is 7.06. The third-order valence-corrected chi connectivity index (χ3v) is 5.12. The minimum absolute atomic E-state index is 0.109. The Balaban J connectivity index is 1.90. The molecule has 1 aliphatic heterocycles. The minimum atomic E-state index is -0.257. The van der Waals surface area contributed by atoms with Gasteiger partial charge in [0.1, 0.15) is 5.82 Å². The van der Waals surface area contributed by atoms with Gasteiger partial charge in [-0.1, -0.05) is 18.7 Å². The molecule has 120 valence electrons. The van der Waals surface area contributed by atoms with Crippen molar-refractivity contribution in [1.29, 1.82) is 0 Å². The maximum Gasteiger partial charge on any atom is 0.278 e. The van der Waals surface area contributed by atoms with Crippen LogP contribution in [0.25, 0.3) is 0 Å². The Morgan fingerprint density at radius 3 is 2.91 bits per heavy atom. The summed E-state index contributed by atoms with van der Waals surface area (Å²) in [4.78, 5) is 15.9. The lowest BCUT2D eigenvalue weighted by Crippen LogP contribution is -2.86. The number of fused-ring (bicyclic) bond motifs is 1. The summed E-state index contributed by atoms with van der Waals surface area (Å²) in [6, 6.07) is 8.45. The first-order chi connectivity index (χ1) is 11.2. The molecule has 1 aliphatic rings. The first-order valence-corrected chi connectivity index (χ1v) is 8.62. The topological polar surface area (TPSA) is 36.9 Å². The molecule has 0 fully saturated rings. The molecule has 2 aromatic rings. The molecule has 1 aromatic carbocycles. The molecule has 2 N–H and O–H groups in total. The van der Waals surface area contributed by atoms with Crippen LogP contribution in [-0.2, 0) is 11.2 Å². The van der Waals surface area contributed by atoms with Crippen LogP contribution in [0.5, 0.6) is 0 Å².